The van der Waals surface area contributed by atoms with E-state index in [4.69, 9.17) is 38.9 Å². The molecule has 140 valence electrons. The van der Waals surface area contributed by atoms with Crippen molar-refractivity contribution < 1.29 is 60.3 Å². The van der Waals surface area contributed by atoms with Gasteiger partial charge < -0.3 is 24.5 Å². The van der Waals surface area contributed by atoms with Gasteiger partial charge >= 0.3 is 23.5 Å². The van der Waals surface area contributed by atoms with Gasteiger partial charge in [-0.3, -0.25) is 9.05 Å². The highest BCUT2D eigenvalue weighted by molar-refractivity contribution is 7.66. The van der Waals surface area contributed by atoms with Crippen LogP contribution in [-0.4, -0.2) is 64.7 Å². The second kappa shape index (κ2) is 7.70. The van der Waals surface area contributed by atoms with Gasteiger partial charge in [0, 0.05) is 7.11 Å². The topological polar surface area (TPSA) is 178 Å². The minimum atomic E-state index is -5.57. The summed E-state index contributed by atoms with van der Waals surface area (Å²) in [6.07, 6.45) is -3.58. The first-order valence-corrected chi connectivity index (χ1v) is 10.6. The number of ether oxygens (including phenoxy) is 1. The van der Waals surface area contributed by atoms with E-state index < -0.39 is 53.4 Å². The summed E-state index contributed by atoms with van der Waals surface area (Å²) in [6, 6.07) is -1.76. The first-order valence-electron chi connectivity index (χ1n) is 5.70. The van der Waals surface area contributed by atoms with Crippen molar-refractivity contribution in [1.29, 1.82) is 0 Å². The molecule has 1 rings (SSSR count). The number of hydrogen-bond acceptors (Lipinski definition) is 9. The summed E-state index contributed by atoms with van der Waals surface area (Å²) in [6.45, 7) is -0.936. The maximum atomic E-state index is 13.7. The molecule has 1 fully saturated rings. The summed E-state index contributed by atoms with van der Waals surface area (Å²) in [4.78, 5) is 25.9. The summed E-state index contributed by atoms with van der Waals surface area (Å²) < 4.78 is 68.3. The third-order valence-electron chi connectivity index (χ3n) is 2.48. The third kappa shape index (κ3) is 6.10. The average Bonchev–Trinajstić information content (AvgIpc) is 2.56. The van der Waals surface area contributed by atoms with E-state index in [0.717, 1.165) is 0 Å². The van der Waals surface area contributed by atoms with Gasteiger partial charge in [0.1, 0.15) is 20.1 Å². The smallest absolute Gasteiger partial charge is 0.386 e. The SMILES string of the molecule is [B][C@@H]1O[C@H](COP(=O)(OC)OP(=O)(O)OP(=O)(O)O)[C@@H](O)[C@]1(F)Cl. The fraction of sp³-hybridized carbons (Fsp3) is 1.00. The van der Waals surface area contributed by atoms with E-state index in [0.29, 0.717) is 7.11 Å². The molecule has 2 radical (unpaired) electrons. The molecule has 12 nitrogen and oxygen atoms in total. The Bertz CT molecular complexity index is 597. The minimum Gasteiger partial charge on any atom is -0.386 e. The van der Waals surface area contributed by atoms with Gasteiger partial charge in [0.15, 0.2) is 0 Å². The fourth-order valence-electron chi connectivity index (χ4n) is 1.45. The van der Waals surface area contributed by atoms with E-state index in [1.165, 1.54) is 0 Å². The van der Waals surface area contributed by atoms with Crippen LogP contribution in [-0.2, 0) is 36.1 Å². The quantitative estimate of drug-likeness (QED) is 0.231. The highest BCUT2D eigenvalue weighted by Gasteiger charge is 2.54. The molecule has 1 heterocycles. The zero-order chi connectivity index (χ0) is 19.0. The molecule has 2 unspecified atom stereocenters. The van der Waals surface area contributed by atoms with Gasteiger partial charge in [-0.25, -0.2) is 18.1 Å². The van der Waals surface area contributed by atoms with Crippen LogP contribution in [0.4, 0.5) is 4.39 Å². The molecule has 0 saturated carbocycles. The number of hydrogen-bond donors (Lipinski definition) is 4. The van der Waals surface area contributed by atoms with Crippen LogP contribution >= 0.6 is 35.1 Å². The lowest BCUT2D eigenvalue weighted by Crippen LogP contribution is -2.40. The molecular formula is C6H12BClFO12P3. The molecule has 0 spiro atoms. The standard InChI is InChI=1S/C6H12BClFO12P3/c1-17-24(16,21-23(14,15)20-22(11,12)13)18-2-3-4(10)6(8,9)5(7)19-3/h3-5,10H,2H2,1H3,(H,14,15)(H2,11,12,13)/t3-,4-,5-,6-,24?/m1/s1. The summed E-state index contributed by atoms with van der Waals surface area (Å²) in [5.41, 5.74) is 0. The van der Waals surface area contributed by atoms with Gasteiger partial charge in [-0.2, -0.15) is 8.62 Å². The highest BCUT2D eigenvalue weighted by Crippen LogP contribution is 2.68. The molecule has 1 saturated heterocycles. The Morgan fingerprint density at radius 2 is 1.83 bits per heavy atom. The fourth-order valence-corrected chi connectivity index (χ4v) is 5.01. The number of aliphatic hydroxyl groups excluding tert-OH is 1. The number of rotatable bonds is 8. The van der Waals surface area contributed by atoms with Crippen molar-refractivity contribution in [2.75, 3.05) is 13.7 Å². The van der Waals surface area contributed by atoms with Gasteiger partial charge in [0.2, 0.25) is 5.13 Å². The Balaban J connectivity index is 2.75. The normalized spacial score (nSPS) is 36.2. The lowest BCUT2D eigenvalue weighted by Gasteiger charge is -2.22. The zero-order valence-corrected chi connectivity index (χ0v) is 15.1. The van der Waals surface area contributed by atoms with Gasteiger partial charge in [0.25, 0.3) is 0 Å². The van der Waals surface area contributed by atoms with Crippen molar-refractivity contribution in [3.63, 3.8) is 0 Å². The van der Waals surface area contributed by atoms with Crippen molar-refractivity contribution in [1.82, 2.24) is 0 Å². The predicted octanol–water partition coefficient (Wildman–Crippen LogP) is 0.143. The molecule has 18 heteroatoms. The van der Waals surface area contributed by atoms with Crippen LogP contribution in [0.15, 0.2) is 0 Å². The number of phosphoric acid groups is 3. The first-order chi connectivity index (χ1) is 10.6. The van der Waals surface area contributed by atoms with E-state index in [-0.39, 0.29) is 0 Å². The molecule has 1 aliphatic heterocycles. The van der Waals surface area contributed by atoms with Crippen LogP contribution in [0.3, 0.4) is 0 Å². The molecular weight excluding hydrogens is 422 g/mol. The monoisotopic (exact) mass is 434 g/mol. The molecule has 0 amide bonds. The summed E-state index contributed by atoms with van der Waals surface area (Å²) >= 11 is 5.28. The largest absolute Gasteiger partial charge is 0.490 e. The first kappa shape index (κ1) is 22.7. The molecule has 0 aromatic carbocycles. The zero-order valence-electron chi connectivity index (χ0n) is 11.7. The second-order valence-electron chi connectivity index (χ2n) is 4.26. The molecule has 1 aliphatic rings. The van der Waals surface area contributed by atoms with Gasteiger partial charge in [-0.15, -0.1) is 0 Å². The molecule has 6 atom stereocenters. The second-order valence-corrected chi connectivity index (χ2v) is 9.58. The maximum Gasteiger partial charge on any atom is 0.490 e. The Hall–Kier alpha value is 0.615. The minimum absolute atomic E-state index is 0.691. The Labute approximate surface area is 141 Å². The molecule has 0 aromatic heterocycles. The molecule has 0 bridgehead atoms. The maximum absolute atomic E-state index is 13.7. The van der Waals surface area contributed by atoms with Crippen LogP contribution < -0.4 is 0 Å². The van der Waals surface area contributed by atoms with Crippen molar-refractivity contribution in [3.05, 3.63) is 0 Å². The number of phosphoric ester groups is 1. The third-order valence-corrected chi connectivity index (χ3v) is 7.13. The lowest BCUT2D eigenvalue weighted by molar-refractivity contribution is -0.00812. The predicted molar refractivity (Wildman–Crippen MR) is 74.7 cm³/mol. The van der Waals surface area contributed by atoms with Crippen LogP contribution in [0.5, 0.6) is 0 Å². The molecule has 24 heavy (non-hydrogen) atoms. The summed E-state index contributed by atoms with van der Waals surface area (Å²) in [7, 11) is -10.1. The van der Waals surface area contributed by atoms with Crippen molar-refractivity contribution in [2.24, 2.45) is 0 Å². The van der Waals surface area contributed by atoms with E-state index in [2.05, 4.69) is 17.7 Å². The number of alkyl halides is 2. The Kier molecular flexibility index (Phi) is 7.26. The van der Waals surface area contributed by atoms with Crippen LogP contribution in [0.2, 0.25) is 0 Å². The van der Waals surface area contributed by atoms with E-state index in [1.807, 2.05) is 0 Å². The molecule has 0 aliphatic carbocycles. The Morgan fingerprint density at radius 1 is 1.29 bits per heavy atom. The van der Waals surface area contributed by atoms with Crippen LogP contribution in [0.1, 0.15) is 0 Å². The van der Waals surface area contributed by atoms with E-state index in [1.54, 1.807) is 0 Å². The van der Waals surface area contributed by atoms with Crippen molar-refractivity contribution in [3.8, 4) is 0 Å². The summed E-state index contributed by atoms with van der Waals surface area (Å²) in [5, 5.41) is 6.67. The van der Waals surface area contributed by atoms with Crippen molar-refractivity contribution in [2.45, 2.75) is 23.3 Å². The van der Waals surface area contributed by atoms with E-state index in [9.17, 15) is 23.2 Å². The van der Waals surface area contributed by atoms with Gasteiger partial charge in [-0.05, 0) is 0 Å². The van der Waals surface area contributed by atoms with Crippen molar-refractivity contribution >= 4 is 42.9 Å². The molecule has 0 aromatic rings. The number of halogens is 2. The van der Waals surface area contributed by atoms with Gasteiger partial charge in [0.05, 0.1) is 12.6 Å². The average molecular weight is 434 g/mol. The summed E-state index contributed by atoms with van der Waals surface area (Å²) in [5.74, 6) is 0. The van der Waals surface area contributed by atoms with Crippen LogP contribution in [0.25, 0.3) is 0 Å². The number of aliphatic hydroxyl groups is 1. The highest BCUT2D eigenvalue weighted by atomic mass is 35.5. The van der Waals surface area contributed by atoms with E-state index >= 15 is 0 Å². The Morgan fingerprint density at radius 3 is 2.21 bits per heavy atom. The van der Waals surface area contributed by atoms with Gasteiger partial charge in [-0.1, -0.05) is 11.6 Å². The molecule has 4 N–H and O–H groups in total. The van der Waals surface area contributed by atoms with Crippen LogP contribution in [0, 0.1) is 0 Å². The lowest BCUT2D eigenvalue weighted by atomic mass is 9.93.